The summed E-state index contributed by atoms with van der Waals surface area (Å²) in [5.74, 6) is 0.903. The third kappa shape index (κ3) is 3.73. The van der Waals surface area contributed by atoms with Gasteiger partial charge in [-0.15, -0.1) is 0 Å². The molecule has 0 aliphatic carbocycles. The third-order valence-electron chi connectivity index (χ3n) is 4.75. The second-order valence-corrected chi connectivity index (χ2v) is 7.16. The molecule has 3 heterocycles. The highest BCUT2D eigenvalue weighted by molar-refractivity contribution is 6.33. The van der Waals surface area contributed by atoms with E-state index in [1.54, 1.807) is 0 Å². The highest BCUT2D eigenvalue weighted by atomic mass is 35.5. The molecule has 0 saturated carbocycles. The number of imidazole rings is 1. The van der Waals surface area contributed by atoms with E-state index in [0.717, 1.165) is 37.0 Å². The molecule has 1 aromatic carbocycles. The maximum atomic E-state index is 12.8. The van der Waals surface area contributed by atoms with Gasteiger partial charge in [-0.2, -0.15) is 0 Å². The minimum absolute atomic E-state index is 0.190. The predicted octanol–water partition coefficient (Wildman–Crippen LogP) is 3.49. The highest BCUT2D eigenvalue weighted by Crippen LogP contribution is 2.21. The first-order valence-electron chi connectivity index (χ1n) is 9.15. The van der Waals surface area contributed by atoms with E-state index >= 15 is 0 Å². The van der Waals surface area contributed by atoms with Gasteiger partial charge in [0.2, 0.25) is 5.95 Å². The van der Waals surface area contributed by atoms with Crippen LogP contribution >= 0.6 is 11.6 Å². The quantitative estimate of drug-likeness (QED) is 0.719. The molecule has 1 fully saturated rings. The third-order valence-corrected chi connectivity index (χ3v) is 5.03. The van der Waals surface area contributed by atoms with Gasteiger partial charge in [-0.05, 0) is 38.3 Å². The summed E-state index contributed by atoms with van der Waals surface area (Å²) in [6, 6.07) is 7.44. The zero-order chi connectivity index (χ0) is 18.8. The van der Waals surface area contributed by atoms with Crippen LogP contribution in [0.3, 0.4) is 0 Å². The topological polar surface area (TPSA) is 86.8 Å². The molecule has 2 N–H and O–H groups in total. The largest absolute Gasteiger partial charge is 0.341 e. The van der Waals surface area contributed by atoms with Crippen LogP contribution in [0.5, 0.6) is 0 Å². The second-order valence-electron chi connectivity index (χ2n) is 6.75. The molecule has 1 atom stereocenters. The van der Waals surface area contributed by atoms with Crippen molar-refractivity contribution in [1.29, 1.82) is 0 Å². The molecule has 1 amide bonds. The number of aromatic amines is 1. The Kier molecular flexibility index (Phi) is 4.94. The van der Waals surface area contributed by atoms with E-state index in [0.29, 0.717) is 11.8 Å². The van der Waals surface area contributed by atoms with Crippen molar-refractivity contribution in [3.8, 4) is 0 Å². The molecule has 0 bridgehead atoms. The second kappa shape index (κ2) is 7.52. The Morgan fingerprint density at radius 3 is 2.78 bits per heavy atom. The first-order valence-corrected chi connectivity index (χ1v) is 9.52. The van der Waals surface area contributed by atoms with Gasteiger partial charge in [-0.1, -0.05) is 23.7 Å². The molecule has 0 radical (unpaired) electrons. The number of fused-ring (bicyclic) bond motifs is 1. The Morgan fingerprint density at radius 1 is 1.22 bits per heavy atom. The van der Waals surface area contributed by atoms with Gasteiger partial charge in [0, 0.05) is 13.1 Å². The van der Waals surface area contributed by atoms with Crippen LogP contribution in [0, 0.1) is 0 Å². The smallest absolute Gasteiger partial charge is 0.272 e. The molecular formula is C19H21ClN6O. The van der Waals surface area contributed by atoms with Crippen LogP contribution < -0.4 is 10.2 Å². The zero-order valence-electron chi connectivity index (χ0n) is 15.1. The molecule has 1 saturated heterocycles. The lowest BCUT2D eigenvalue weighted by Crippen LogP contribution is -2.33. The Bertz CT molecular complexity index is 933. The molecule has 0 unspecified atom stereocenters. The number of benzene rings is 1. The summed E-state index contributed by atoms with van der Waals surface area (Å²) in [6.07, 6.45) is 4.93. The van der Waals surface area contributed by atoms with Crippen LogP contribution in [0.2, 0.25) is 5.02 Å². The standard InChI is InChI=1S/C19H21ClN6O/c1-12(17-23-14-7-3-4-8-15(14)24-17)22-18(27)16-13(20)11-21-19(25-16)26-9-5-2-6-10-26/h3-4,7-8,11-12H,2,5-6,9-10H2,1H3,(H,22,27)(H,23,24)/t12-/m0/s1. The molecular weight excluding hydrogens is 364 g/mol. The summed E-state index contributed by atoms with van der Waals surface area (Å²) >= 11 is 6.20. The zero-order valence-corrected chi connectivity index (χ0v) is 15.8. The number of anilines is 1. The van der Waals surface area contributed by atoms with E-state index in [9.17, 15) is 4.79 Å². The molecule has 4 rings (SSSR count). The summed E-state index contributed by atoms with van der Waals surface area (Å²) in [6.45, 7) is 3.67. The van der Waals surface area contributed by atoms with E-state index in [1.807, 2.05) is 31.2 Å². The SMILES string of the molecule is C[C@H](NC(=O)c1nc(N2CCCCC2)ncc1Cl)c1nc2ccccc2[nH]1. The van der Waals surface area contributed by atoms with Crippen molar-refractivity contribution in [2.75, 3.05) is 18.0 Å². The van der Waals surface area contributed by atoms with E-state index < -0.39 is 0 Å². The maximum absolute atomic E-state index is 12.8. The summed E-state index contributed by atoms with van der Waals surface area (Å²) in [5.41, 5.74) is 1.98. The average Bonchev–Trinajstić information content (AvgIpc) is 3.13. The minimum atomic E-state index is -0.339. The highest BCUT2D eigenvalue weighted by Gasteiger charge is 2.21. The molecule has 0 spiro atoms. The summed E-state index contributed by atoms with van der Waals surface area (Å²) in [7, 11) is 0. The number of hydrogen-bond donors (Lipinski definition) is 2. The molecule has 27 heavy (non-hydrogen) atoms. The van der Waals surface area contributed by atoms with Gasteiger partial charge in [-0.25, -0.2) is 15.0 Å². The van der Waals surface area contributed by atoms with Crippen molar-refractivity contribution in [3.63, 3.8) is 0 Å². The number of nitrogens with zero attached hydrogens (tertiary/aromatic N) is 4. The van der Waals surface area contributed by atoms with Crippen LogP contribution in [0.1, 0.15) is 48.5 Å². The van der Waals surface area contributed by atoms with Crippen LogP contribution in [0.15, 0.2) is 30.5 Å². The molecule has 1 aliphatic heterocycles. The average molecular weight is 385 g/mol. The van der Waals surface area contributed by atoms with Crippen LogP contribution in [-0.4, -0.2) is 38.9 Å². The molecule has 140 valence electrons. The molecule has 2 aromatic heterocycles. The van der Waals surface area contributed by atoms with Gasteiger partial charge in [-0.3, -0.25) is 4.79 Å². The maximum Gasteiger partial charge on any atom is 0.272 e. The van der Waals surface area contributed by atoms with Crippen molar-refractivity contribution in [1.82, 2.24) is 25.3 Å². The first-order chi connectivity index (χ1) is 13.1. The Hall–Kier alpha value is -2.67. The van der Waals surface area contributed by atoms with Crippen molar-refractivity contribution < 1.29 is 4.79 Å². The summed E-state index contributed by atoms with van der Waals surface area (Å²) in [4.78, 5) is 31.3. The number of rotatable bonds is 4. The number of carbonyl (C=O) groups is 1. The molecule has 1 aliphatic rings. The van der Waals surface area contributed by atoms with E-state index in [-0.39, 0.29) is 22.7 Å². The number of amides is 1. The van der Waals surface area contributed by atoms with Gasteiger partial charge in [0.1, 0.15) is 5.82 Å². The minimum Gasteiger partial charge on any atom is -0.341 e. The van der Waals surface area contributed by atoms with E-state index in [2.05, 4.69) is 30.2 Å². The Balaban J connectivity index is 1.53. The lowest BCUT2D eigenvalue weighted by Gasteiger charge is -2.26. The number of hydrogen-bond acceptors (Lipinski definition) is 5. The van der Waals surface area contributed by atoms with Gasteiger partial charge >= 0.3 is 0 Å². The lowest BCUT2D eigenvalue weighted by molar-refractivity contribution is 0.0933. The first kappa shape index (κ1) is 17.7. The van der Waals surface area contributed by atoms with Gasteiger partial charge in [0.05, 0.1) is 28.3 Å². The fourth-order valence-corrected chi connectivity index (χ4v) is 3.45. The molecule has 7 nitrogen and oxygen atoms in total. The van der Waals surface area contributed by atoms with Gasteiger partial charge in [0.15, 0.2) is 5.69 Å². The normalized spacial score (nSPS) is 15.7. The van der Waals surface area contributed by atoms with Crippen LogP contribution in [-0.2, 0) is 0 Å². The lowest BCUT2D eigenvalue weighted by atomic mass is 10.1. The van der Waals surface area contributed by atoms with Crippen molar-refractivity contribution in [2.45, 2.75) is 32.2 Å². The summed E-state index contributed by atoms with van der Waals surface area (Å²) < 4.78 is 0. The van der Waals surface area contributed by atoms with Crippen molar-refractivity contribution in [2.24, 2.45) is 0 Å². The summed E-state index contributed by atoms with van der Waals surface area (Å²) in [5, 5.41) is 3.16. The Morgan fingerprint density at radius 2 is 2.00 bits per heavy atom. The molecule has 8 heteroatoms. The van der Waals surface area contributed by atoms with E-state index in [4.69, 9.17) is 11.6 Å². The number of nitrogens with one attached hydrogen (secondary N) is 2. The van der Waals surface area contributed by atoms with Crippen molar-refractivity contribution >= 4 is 34.5 Å². The molecule has 3 aromatic rings. The Labute approximate surface area is 162 Å². The number of halogens is 1. The number of carbonyl (C=O) groups excluding carboxylic acids is 1. The number of piperidine rings is 1. The van der Waals surface area contributed by atoms with E-state index in [1.165, 1.54) is 12.6 Å². The van der Waals surface area contributed by atoms with Gasteiger partial charge in [0.25, 0.3) is 5.91 Å². The predicted molar refractivity (Wildman–Crippen MR) is 105 cm³/mol. The van der Waals surface area contributed by atoms with Crippen LogP contribution in [0.25, 0.3) is 11.0 Å². The fourth-order valence-electron chi connectivity index (χ4n) is 3.27. The monoisotopic (exact) mass is 384 g/mol. The van der Waals surface area contributed by atoms with Gasteiger partial charge < -0.3 is 15.2 Å². The van der Waals surface area contributed by atoms with Crippen molar-refractivity contribution in [3.05, 3.63) is 47.0 Å². The fraction of sp³-hybridized carbons (Fsp3) is 0.368. The number of aromatic nitrogens is 4. The number of para-hydroxylation sites is 2. The van der Waals surface area contributed by atoms with Crippen LogP contribution in [0.4, 0.5) is 5.95 Å². The number of H-pyrrole nitrogens is 1.